The highest BCUT2D eigenvalue weighted by atomic mass is 32.2. The molecule has 0 fully saturated rings. The van der Waals surface area contributed by atoms with E-state index < -0.39 is 0 Å². The van der Waals surface area contributed by atoms with Crippen molar-refractivity contribution in [3.05, 3.63) is 58.4 Å². The summed E-state index contributed by atoms with van der Waals surface area (Å²) in [7, 11) is 4.88. The van der Waals surface area contributed by atoms with Gasteiger partial charge in [-0.2, -0.15) is 0 Å². The zero-order valence-corrected chi connectivity index (χ0v) is 19.0. The summed E-state index contributed by atoms with van der Waals surface area (Å²) in [6, 6.07) is 13.0. The first-order valence-electron chi connectivity index (χ1n) is 9.27. The van der Waals surface area contributed by atoms with Gasteiger partial charge in [0.2, 0.25) is 0 Å². The van der Waals surface area contributed by atoms with Crippen LogP contribution >= 0.6 is 24.0 Å². The number of hydrogen-bond donors (Lipinski definition) is 1. The van der Waals surface area contributed by atoms with Crippen LogP contribution in [0.1, 0.15) is 5.56 Å². The van der Waals surface area contributed by atoms with Crippen molar-refractivity contribution in [2.75, 3.05) is 38.5 Å². The van der Waals surface area contributed by atoms with Crippen LogP contribution in [0.5, 0.6) is 11.5 Å². The number of thiocarbonyl (C=S) groups is 1. The van der Waals surface area contributed by atoms with Crippen LogP contribution in [0.15, 0.2) is 52.2 Å². The second kappa shape index (κ2) is 9.51. The van der Waals surface area contributed by atoms with E-state index in [2.05, 4.69) is 0 Å². The van der Waals surface area contributed by atoms with Gasteiger partial charge < -0.3 is 24.0 Å². The fourth-order valence-electron chi connectivity index (χ4n) is 3.26. The van der Waals surface area contributed by atoms with Gasteiger partial charge in [-0.15, -0.1) is 11.8 Å². The van der Waals surface area contributed by atoms with Crippen LogP contribution < -0.4 is 15.2 Å². The van der Waals surface area contributed by atoms with Crippen LogP contribution in [0.2, 0.25) is 0 Å². The molecule has 30 heavy (non-hydrogen) atoms. The molecule has 1 heterocycles. The fourth-order valence-corrected chi connectivity index (χ4v) is 4.08. The summed E-state index contributed by atoms with van der Waals surface area (Å²) in [6.45, 7) is 0.824. The van der Waals surface area contributed by atoms with Crippen LogP contribution in [0.3, 0.4) is 0 Å². The molecule has 1 N–H and O–H groups in total. The predicted molar refractivity (Wildman–Crippen MR) is 127 cm³/mol. The quantitative estimate of drug-likeness (QED) is 0.439. The van der Waals surface area contributed by atoms with Gasteiger partial charge in [0.15, 0.2) is 0 Å². The van der Waals surface area contributed by atoms with Gasteiger partial charge >= 0.3 is 0 Å². The van der Waals surface area contributed by atoms with Crippen LogP contribution in [0, 0.1) is 0 Å². The number of rotatable bonds is 7. The van der Waals surface area contributed by atoms with Crippen LogP contribution in [0.25, 0.3) is 10.9 Å². The third-order valence-electron chi connectivity index (χ3n) is 4.94. The first-order chi connectivity index (χ1) is 14.4. The maximum Gasteiger partial charge on any atom is 0.264 e. The highest BCUT2D eigenvalue weighted by molar-refractivity contribution is 7.98. The van der Waals surface area contributed by atoms with Gasteiger partial charge in [-0.25, -0.2) is 0 Å². The van der Waals surface area contributed by atoms with E-state index in [1.807, 2.05) is 48.7 Å². The SMILES string of the molecule is COCCN(C(=S)c1c(O)c2cc(SC)ccc2n(C)c1=O)c1ccc(OC)cc1. The molecule has 3 rings (SSSR count). The van der Waals surface area contributed by atoms with Crippen molar-refractivity contribution in [3.8, 4) is 11.5 Å². The molecule has 0 unspecified atom stereocenters. The number of methoxy groups -OCH3 is 2. The topological polar surface area (TPSA) is 63.9 Å². The maximum atomic E-state index is 13.1. The molecule has 0 aliphatic rings. The van der Waals surface area contributed by atoms with Gasteiger partial charge in [-0.1, -0.05) is 12.2 Å². The third-order valence-corrected chi connectivity index (χ3v) is 6.09. The van der Waals surface area contributed by atoms with Crippen molar-refractivity contribution in [2.45, 2.75) is 4.90 Å². The van der Waals surface area contributed by atoms with Crippen molar-refractivity contribution < 1.29 is 14.6 Å². The lowest BCUT2D eigenvalue weighted by Crippen LogP contribution is -2.37. The van der Waals surface area contributed by atoms with Crippen molar-refractivity contribution in [1.82, 2.24) is 4.57 Å². The molecule has 8 heteroatoms. The molecule has 1 aromatic heterocycles. The minimum absolute atomic E-state index is 0.102. The Balaban J connectivity index is 2.16. The molecule has 0 aliphatic carbocycles. The summed E-state index contributed by atoms with van der Waals surface area (Å²) < 4.78 is 12.0. The number of anilines is 1. The third kappa shape index (κ3) is 4.16. The standard InChI is InChI=1S/C22H24N2O4S2/c1-23-18-10-9-16(30-4)13-17(18)20(25)19(21(23)26)22(29)24(11-12-27-2)14-5-7-15(28-3)8-6-14/h5-10,13,25H,11-12H2,1-4H3. The number of aryl methyl sites for hydroxylation is 1. The number of pyridine rings is 1. The number of hydrogen-bond acceptors (Lipinski definition) is 6. The van der Waals surface area contributed by atoms with Crippen molar-refractivity contribution in [2.24, 2.45) is 7.05 Å². The molecule has 0 spiro atoms. The Hall–Kier alpha value is -2.55. The lowest BCUT2D eigenvalue weighted by Gasteiger charge is -2.26. The summed E-state index contributed by atoms with van der Waals surface area (Å²) in [6.07, 6.45) is 1.96. The summed E-state index contributed by atoms with van der Waals surface area (Å²) >= 11 is 7.28. The molecule has 0 saturated heterocycles. The van der Waals surface area contributed by atoms with Crippen LogP contribution in [0.4, 0.5) is 5.69 Å². The number of thioether (sulfide) groups is 1. The summed E-state index contributed by atoms with van der Waals surface area (Å²) in [5, 5.41) is 11.6. The second-order valence-corrected chi connectivity index (χ2v) is 7.88. The minimum atomic E-state index is -0.349. The Morgan fingerprint density at radius 2 is 1.90 bits per heavy atom. The Morgan fingerprint density at radius 1 is 1.20 bits per heavy atom. The average molecular weight is 445 g/mol. The zero-order valence-electron chi connectivity index (χ0n) is 17.3. The highest BCUT2D eigenvalue weighted by Crippen LogP contribution is 2.31. The zero-order chi connectivity index (χ0) is 21.8. The van der Waals surface area contributed by atoms with Gasteiger partial charge in [0.05, 0.1) is 19.2 Å². The van der Waals surface area contributed by atoms with E-state index in [4.69, 9.17) is 21.7 Å². The second-order valence-electron chi connectivity index (χ2n) is 6.62. The molecule has 0 aliphatic heterocycles. The molecule has 0 amide bonds. The first kappa shape index (κ1) is 22.1. The van der Waals surface area contributed by atoms with Gasteiger partial charge in [0.25, 0.3) is 5.56 Å². The molecule has 0 saturated carbocycles. The van der Waals surface area contributed by atoms with E-state index >= 15 is 0 Å². The van der Waals surface area contributed by atoms with Crippen molar-refractivity contribution in [3.63, 3.8) is 0 Å². The molecule has 0 bridgehead atoms. The summed E-state index contributed by atoms with van der Waals surface area (Å²) in [5.74, 6) is 0.607. The van der Waals surface area contributed by atoms with Crippen LogP contribution in [-0.4, -0.2) is 48.3 Å². The van der Waals surface area contributed by atoms with E-state index in [0.29, 0.717) is 29.8 Å². The fraction of sp³-hybridized carbons (Fsp3) is 0.273. The number of ether oxygens (including phenoxy) is 2. The Bertz CT molecular complexity index is 1130. The average Bonchev–Trinajstić information content (AvgIpc) is 2.78. The molecule has 0 radical (unpaired) electrons. The Morgan fingerprint density at radius 3 is 2.50 bits per heavy atom. The molecule has 158 valence electrons. The lowest BCUT2D eigenvalue weighted by molar-refractivity contribution is 0.208. The number of nitrogens with zero attached hydrogens (tertiary/aromatic N) is 2. The molecular weight excluding hydrogens is 420 g/mol. The van der Waals surface area contributed by atoms with E-state index in [1.165, 1.54) is 4.57 Å². The summed E-state index contributed by atoms with van der Waals surface area (Å²) in [4.78, 5) is 16.2. The smallest absolute Gasteiger partial charge is 0.264 e. The van der Waals surface area contributed by atoms with Crippen molar-refractivity contribution >= 4 is 45.6 Å². The van der Waals surface area contributed by atoms with Gasteiger partial charge in [0.1, 0.15) is 22.1 Å². The van der Waals surface area contributed by atoms with Crippen LogP contribution in [-0.2, 0) is 11.8 Å². The molecule has 2 aromatic carbocycles. The molecule has 0 atom stereocenters. The lowest BCUT2D eigenvalue weighted by atomic mass is 10.1. The molecule has 3 aromatic rings. The molecule has 6 nitrogen and oxygen atoms in total. The summed E-state index contributed by atoms with van der Waals surface area (Å²) in [5.41, 5.74) is 1.18. The van der Waals surface area contributed by atoms with Gasteiger partial charge in [0, 0.05) is 36.7 Å². The van der Waals surface area contributed by atoms with Gasteiger partial charge in [-0.05, 0) is 48.7 Å². The van der Waals surface area contributed by atoms with E-state index in [-0.39, 0.29) is 21.9 Å². The number of aromatic hydroxyl groups is 1. The molecular formula is C22H24N2O4S2. The van der Waals surface area contributed by atoms with Gasteiger partial charge in [-0.3, -0.25) is 4.79 Å². The van der Waals surface area contributed by atoms with E-state index in [0.717, 1.165) is 10.6 Å². The Kier molecular flexibility index (Phi) is 7.02. The maximum absolute atomic E-state index is 13.1. The predicted octanol–water partition coefficient (Wildman–Crippen LogP) is 3.80. The van der Waals surface area contributed by atoms with E-state index in [1.54, 1.807) is 37.9 Å². The minimum Gasteiger partial charge on any atom is -0.506 e. The largest absolute Gasteiger partial charge is 0.506 e. The highest BCUT2D eigenvalue weighted by Gasteiger charge is 2.23. The number of aromatic nitrogens is 1. The van der Waals surface area contributed by atoms with E-state index in [9.17, 15) is 9.90 Å². The van der Waals surface area contributed by atoms with Crippen molar-refractivity contribution in [1.29, 1.82) is 0 Å². The normalized spacial score (nSPS) is 10.9. The number of benzene rings is 2. The Labute approximate surface area is 185 Å². The monoisotopic (exact) mass is 444 g/mol. The first-order valence-corrected chi connectivity index (χ1v) is 10.9. The number of fused-ring (bicyclic) bond motifs is 1.